The third-order valence-electron chi connectivity index (χ3n) is 1.45. The van der Waals surface area contributed by atoms with Gasteiger partial charge in [0.25, 0.3) is 0 Å². The smallest absolute Gasteiger partial charge is 0.232 e. The summed E-state index contributed by atoms with van der Waals surface area (Å²) < 4.78 is 5.01. The van der Waals surface area contributed by atoms with Gasteiger partial charge < -0.3 is 9.73 Å². The topological polar surface area (TPSA) is 51.0 Å². The van der Waals surface area contributed by atoms with Crippen molar-refractivity contribution in [2.75, 3.05) is 6.54 Å². The highest BCUT2D eigenvalue weighted by molar-refractivity contribution is 4.82. The Bertz CT molecular complexity index is 186. The van der Waals surface area contributed by atoms with Crippen LogP contribution in [0.3, 0.4) is 0 Å². The minimum atomic E-state index is 0.164. The SMILES string of the molecule is CCCNC(C)c1nnco1. The number of aromatic nitrogens is 2. The fraction of sp³-hybridized carbons (Fsp3) is 0.714. The van der Waals surface area contributed by atoms with Crippen molar-refractivity contribution in [3.63, 3.8) is 0 Å². The molecule has 0 aliphatic rings. The third kappa shape index (κ3) is 2.31. The first-order valence-corrected chi connectivity index (χ1v) is 3.84. The molecule has 0 saturated carbocycles. The van der Waals surface area contributed by atoms with Crippen LogP contribution in [-0.2, 0) is 0 Å². The zero-order valence-corrected chi connectivity index (χ0v) is 6.87. The van der Waals surface area contributed by atoms with Gasteiger partial charge in [-0.25, -0.2) is 0 Å². The number of hydrogen-bond acceptors (Lipinski definition) is 4. The molecule has 1 heterocycles. The monoisotopic (exact) mass is 155 g/mol. The van der Waals surface area contributed by atoms with E-state index in [1.165, 1.54) is 6.39 Å². The van der Waals surface area contributed by atoms with Crippen LogP contribution in [0.4, 0.5) is 0 Å². The Kier molecular flexibility index (Phi) is 3.04. The van der Waals surface area contributed by atoms with Crippen molar-refractivity contribution in [3.8, 4) is 0 Å². The summed E-state index contributed by atoms with van der Waals surface area (Å²) >= 11 is 0. The van der Waals surface area contributed by atoms with E-state index in [2.05, 4.69) is 22.4 Å². The Hall–Kier alpha value is -0.900. The van der Waals surface area contributed by atoms with Crippen molar-refractivity contribution in [2.24, 2.45) is 0 Å². The zero-order chi connectivity index (χ0) is 8.10. The van der Waals surface area contributed by atoms with E-state index in [9.17, 15) is 0 Å². The van der Waals surface area contributed by atoms with Crippen LogP contribution in [0.5, 0.6) is 0 Å². The lowest BCUT2D eigenvalue weighted by molar-refractivity contribution is 0.416. The van der Waals surface area contributed by atoms with Crippen LogP contribution in [0.1, 0.15) is 32.2 Å². The Morgan fingerprint density at radius 3 is 3.09 bits per heavy atom. The van der Waals surface area contributed by atoms with E-state index >= 15 is 0 Å². The largest absolute Gasteiger partial charge is 0.426 e. The predicted molar refractivity (Wildman–Crippen MR) is 41.0 cm³/mol. The molecule has 0 spiro atoms. The summed E-state index contributed by atoms with van der Waals surface area (Å²) in [5, 5.41) is 10.6. The van der Waals surface area contributed by atoms with Crippen LogP contribution in [0, 0.1) is 0 Å². The van der Waals surface area contributed by atoms with Crippen LogP contribution in [-0.4, -0.2) is 16.7 Å². The summed E-state index contributed by atoms with van der Waals surface area (Å²) in [5.74, 6) is 0.651. The summed E-state index contributed by atoms with van der Waals surface area (Å²) in [6, 6.07) is 0.164. The lowest BCUT2D eigenvalue weighted by Gasteiger charge is -2.06. The first-order valence-electron chi connectivity index (χ1n) is 3.84. The average Bonchev–Trinajstić information content (AvgIpc) is 2.52. The summed E-state index contributed by atoms with van der Waals surface area (Å²) in [4.78, 5) is 0. The normalized spacial score (nSPS) is 13.3. The molecule has 1 aromatic rings. The predicted octanol–water partition coefficient (Wildman–Crippen LogP) is 1.13. The Morgan fingerprint density at radius 1 is 1.73 bits per heavy atom. The fourth-order valence-electron chi connectivity index (χ4n) is 0.818. The summed E-state index contributed by atoms with van der Waals surface area (Å²) in [5.41, 5.74) is 0. The maximum Gasteiger partial charge on any atom is 0.232 e. The highest BCUT2D eigenvalue weighted by Crippen LogP contribution is 2.06. The number of nitrogens with zero attached hydrogens (tertiary/aromatic N) is 2. The zero-order valence-electron chi connectivity index (χ0n) is 6.87. The molecular weight excluding hydrogens is 142 g/mol. The molecule has 1 N–H and O–H groups in total. The number of hydrogen-bond donors (Lipinski definition) is 1. The number of rotatable bonds is 4. The van der Waals surface area contributed by atoms with Crippen LogP contribution in [0.15, 0.2) is 10.8 Å². The van der Waals surface area contributed by atoms with Gasteiger partial charge in [0.1, 0.15) is 0 Å². The summed E-state index contributed by atoms with van der Waals surface area (Å²) in [6.07, 6.45) is 2.46. The van der Waals surface area contributed by atoms with Crippen molar-refractivity contribution >= 4 is 0 Å². The molecule has 0 saturated heterocycles. The van der Waals surface area contributed by atoms with Gasteiger partial charge in [-0.05, 0) is 19.9 Å². The van der Waals surface area contributed by atoms with Crippen molar-refractivity contribution < 1.29 is 4.42 Å². The van der Waals surface area contributed by atoms with Crippen LogP contribution in [0.2, 0.25) is 0 Å². The lowest BCUT2D eigenvalue weighted by atomic mass is 10.3. The van der Waals surface area contributed by atoms with Crippen molar-refractivity contribution in [2.45, 2.75) is 26.3 Å². The van der Waals surface area contributed by atoms with E-state index in [4.69, 9.17) is 4.42 Å². The van der Waals surface area contributed by atoms with Crippen molar-refractivity contribution in [3.05, 3.63) is 12.3 Å². The average molecular weight is 155 g/mol. The highest BCUT2D eigenvalue weighted by atomic mass is 16.4. The van der Waals surface area contributed by atoms with Gasteiger partial charge >= 0.3 is 0 Å². The van der Waals surface area contributed by atoms with Gasteiger partial charge in [-0.3, -0.25) is 0 Å². The standard InChI is InChI=1S/C7H13N3O/c1-3-4-8-6(2)7-10-9-5-11-7/h5-6,8H,3-4H2,1-2H3. The van der Waals surface area contributed by atoms with E-state index in [-0.39, 0.29) is 6.04 Å². The molecule has 1 unspecified atom stereocenters. The van der Waals surface area contributed by atoms with Gasteiger partial charge in [0, 0.05) is 0 Å². The van der Waals surface area contributed by atoms with Gasteiger partial charge in [0.2, 0.25) is 12.3 Å². The quantitative estimate of drug-likeness (QED) is 0.708. The lowest BCUT2D eigenvalue weighted by Crippen LogP contribution is -2.19. The molecule has 1 rings (SSSR count). The van der Waals surface area contributed by atoms with E-state index in [0.29, 0.717) is 5.89 Å². The van der Waals surface area contributed by atoms with Crippen LogP contribution >= 0.6 is 0 Å². The second kappa shape index (κ2) is 4.08. The molecule has 0 aliphatic carbocycles. The number of nitrogens with one attached hydrogen (secondary N) is 1. The van der Waals surface area contributed by atoms with E-state index < -0.39 is 0 Å². The first kappa shape index (κ1) is 8.20. The van der Waals surface area contributed by atoms with Gasteiger partial charge in [-0.1, -0.05) is 6.92 Å². The molecule has 1 aromatic heterocycles. The van der Waals surface area contributed by atoms with E-state index in [0.717, 1.165) is 13.0 Å². The first-order chi connectivity index (χ1) is 5.34. The van der Waals surface area contributed by atoms with Gasteiger partial charge in [-0.15, -0.1) is 10.2 Å². The molecule has 0 radical (unpaired) electrons. The molecule has 0 bridgehead atoms. The molecule has 62 valence electrons. The minimum absolute atomic E-state index is 0.164. The molecule has 1 atom stereocenters. The van der Waals surface area contributed by atoms with E-state index in [1.54, 1.807) is 0 Å². The summed E-state index contributed by atoms with van der Waals surface area (Å²) in [7, 11) is 0. The molecule has 0 aromatic carbocycles. The van der Waals surface area contributed by atoms with Crippen LogP contribution < -0.4 is 5.32 Å². The molecule has 0 amide bonds. The molecule has 4 nitrogen and oxygen atoms in total. The fourth-order valence-corrected chi connectivity index (χ4v) is 0.818. The van der Waals surface area contributed by atoms with E-state index in [1.807, 2.05) is 6.92 Å². The maximum absolute atomic E-state index is 5.01. The Morgan fingerprint density at radius 2 is 2.55 bits per heavy atom. The minimum Gasteiger partial charge on any atom is -0.426 e. The molecule has 0 aliphatic heterocycles. The van der Waals surface area contributed by atoms with Gasteiger partial charge in [0.05, 0.1) is 6.04 Å². The summed E-state index contributed by atoms with van der Waals surface area (Å²) in [6.45, 7) is 5.10. The van der Waals surface area contributed by atoms with Gasteiger partial charge in [0.15, 0.2) is 0 Å². The Labute approximate surface area is 66.0 Å². The van der Waals surface area contributed by atoms with Crippen molar-refractivity contribution in [1.82, 2.24) is 15.5 Å². The van der Waals surface area contributed by atoms with Crippen LogP contribution in [0.25, 0.3) is 0 Å². The highest BCUT2D eigenvalue weighted by Gasteiger charge is 2.07. The molecule has 0 fully saturated rings. The van der Waals surface area contributed by atoms with Crippen molar-refractivity contribution in [1.29, 1.82) is 0 Å². The Balaban J connectivity index is 2.36. The third-order valence-corrected chi connectivity index (χ3v) is 1.45. The van der Waals surface area contributed by atoms with Gasteiger partial charge in [-0.2, -0.15) is 0 Å². The second-order valence-corrected chi connectivity index (χ2v) is 2.45. The molecular formula is C7H13N3O. The molecule has 11 heavy (non-hydrogen) atoms. The maximum atomic E-state index is 5.01. The second-order valence-electron chi connectivity index (χ2n) is 2.45. The molecule has 4 heteroatoms.